The van der Waals surface area contributed by atoms with E-state index >= 15 is 0 Å². The van der Waals surface area contributed by atoms with Crippen LogP contribution >= 0.6 is 11.3 Å². The van der Waals surface area contributed by atoms with Gasteiger partial charge in [-0.3, -0.25) is 9.59 Å². The van der Waals surface area contributed by atoms with Gasteiger partial charge in [0.2, 0.25) is 0 Å². The van der Waals surface area contributed by atoms with Crippen LogP contribution in [0.1, 0.15) is 20.4 Å². The highest BCUT2D eigenvalue weighted by Crippen LogP contribution is 2.18. The van der Waals surface area contributed by atoms with E-state index in [0.717, 1.165) is 10.0 Å². The Balaban J connectivity index is 2.00. The van der Waals surface area contributed by atoms with Gasteiger partial charge in [0.25, 0.3) is 11.5 Å². The van der Waals surface area contributed by atoms with Gasteiger partial charge in [0.1, 0.15) is 10.0 Å². The van der Waals surface area contributed by atoms with Crippen molar-refractivity contribution in [1.29, 1.82) is 0 Å². The van der Waals surface area contributed by atoms with Crippen LogP contribution in [-0.2, 0) is 13.6 Å². The Morgan fingerprint density at radius 3 is 2.61 bits per heavy atom. The van der Waals surface area contributed by atoms with Gasteiger partial charge in [-0.2, -0.15) is 0 Å². The van der Waals surface area contributed by atoms with E-state index in [1.807, 2.05) is 13.0 Å². The Labute approximate surface area is 137 Å². The van der Waals surface area contributed by atoms with Crippen LogP contribution in [0.3, 0.4) is 0 Å². The quantitative estimate of drug-likeness (QED) is 0.737. The lowest BCUT2D eigenvalue weighted by Crippen LogP contribution is -2.28. The minimum absolute atomic E-state index is 0.112. The van der Waals surface area contributed by atoms with E-state index in [4.69, 9.17) is 0 Å². The summed E-state index contributed by atoms with van der Waals surface area (Å²) in [4.78, 5) is 26.6. The molecule has 0 saturated carbocycles. The summed E-state index contributed by atoms with van der Waals surface area (Å²) in [6.45, 7) is 2.27. The molecule has 23 heavy (non-hydrogen) atoms. The van der Waals surface area contributed by atoms with Gasteiger partial charge >= 0.3 is 0 Å². The summed E-state index contributed by atoms with van der Waals surface area (Å²) in [5.74, 6) is -0.148. The molecular weight excluding hydrogens is 312 g/mol. The normalized spacial score (nSPS) is 10.9. The third kappa shape index (κ3) is 2.87. The summed E-state index contributed by atoms with van der Waals surface area (Å²) in [6.07, 6.45) is 1.59. The molecule has 7 heteroatoms. The average Bonchev–Trinajstić information content (AvgIpc) is 2.95. The van der Waals surface area contributed by atoms with Gasteiger partial charge in [-0.25, -0.2) is 0 Å². The number of carbonyl (C=O) groups is 1. The first-order valence-corrected chi connectivity index (χ1v) is 7.92. The molecule has 0 N–H and O–H groups in total. The predicted octanol–water partition coefficient (Wildman–Crippen LogP) is 1.97. The lowest BCUT2D eigenvalue weighted by atomic mass is 10.1. The fraction of sp³-hybridized carbons (Fsp3) is 0.250. The Kier molecular flexibility index (Phi) is 3.96. The molecule has 6 nitrogen and oxygen atoms in total. The average molecular weight is 328 g/mol. The van der Waals surface area contributed by atoms with E-state index < -0.39 is 0 Å². The van der Waals surface area contributed by atoms with E-state index in [2.05, 4.69) is 10.2 Å². The number of carbonyl (C=O) groups excluding carboxylic acids is 1. The van der Waals surface area contributed by atoms with Crippen LogP contribution in [0.4, 0.5) is 0 Å². The van der Waals surface area contributed by atoms with Crippen LogP contribution in [0.15, 0.2) is 35.3 Å². The minimum Gasteiger partial charge on any atom is -0.335 e. The van der Waals surface area contributed by atoms with Crippen molar-refractivity contribution in [3.05, 3.63) is 56.4 Å². The van der Waals surface area contributed by atoms with Crippen molar-refractivity contribution >= 4 is 28.0 Å². The van der Waals surface area contributed by atoms with Crippen molar-refractivity contribution in [3.63, 3.8) is 0 Å². The molecule has 3 rings (SSSR count). The Morgan fingerprint density at radius 1 is 1.26 bits per heavy atom. The molecule has 0 spiro atoms. The van der Waals surface area contributed by atoms with E-state index in [-0.39, 0.29) is 11.5 Å². The molecule has 0 radical (unpaired) electrons. The fourth-order valence-corrected chi connectivity index (χ4v) is 3.23. The van der Waals surface area contributed by atoms with Crippen molar-refractivity contribution in [3.8, 4) is 0 Å². The molecule has 0 aliphatic rings. The summed E-state index contributed by atoms with van der Waals surface area (Å²) in [5.41, 5.74) is 0.394. The second-order valence-electron chi connectivity index (χ2n) is 5.38. The number of nitrogens with zero attached hydrogens (tertiary/aromatic N) is 4. The molecule has 0 fully saturated rings. The summed E-state index contributed by atoms with van der Waals surface area (Å²) < 4.78 is 1.44. The second kappa shape index (κ2) is 5.92. The van der Waals surface area contributed by atoms with Crippen molar-refractivity contribution < 1.29 is 4.79 Å². The van der Waals surface area contributed by atoms with E-state index in [9.17, 15) is 9.59 Å². The molecule has 1 amide bonds. The molecule has 0 bridgehead atoms. The van der Waals surface area contributed by atoms with Gasteiger partial charge in [-0.1, -0.05) is 29.5 Å². The molecule has 0 atom stereocenters. The molecule has 2 heterocycles. The van der Waals surface area contributed by atoms with Crippen molar-refractivity contribution in [2.45, 2.75) is 13.5 Å². The van der Waals surface area contributed by atoms with Gasteiger partial charge in [0, 0.05) is 31.1 Å². The number of pyridine rings is 1. The molecular formula is C16H16N4O2S. The fourth-order valence-electron chi connectivity index (χ4n) is 2.47. The highest BCUT2D eigenvalue weighted by molar-refractivity contribution is 7.11. The van der Waals surface area contributed by atoms with Gasteiger partial charge in [-0.15, -0.1) is 10.2 Å². The minimum atomic E-state index is -0.148. The third-order valence-electron chi connectivity index (χ3n) is 3.61. The molecule has 2 aromatic heterocycles. The number of hydrogen-bond donors (Lipinski definition) is 0. The van der Waals surface area contributed by atoms with Gasteiger partial charge in [-0.05, 0) is 13.0 Å². The zero-order valence-corrected chi connectivity index (χ0v) is 13.9. The van der Waals surface area contributed by atoms with Crippen LogP contribution in [0.25, 0.3) is 10.8 Å². The van der Waals surface area contributed by atoms with Gasteiger partial charge < -0.3 is 9.47 Å². The number of hydrogen-bond acceptors (Lipinski definition) is 5. The van der Waals surface area contributed by atoms with Crippen molar-refractivity contribution in [2.75, 3.05) is 7.05 Å². The second-order valence-corrected chi connectivity index (χ2v) is 6.65. The lowest BCUT2D eigenvalue weighted by Gasteiger charge is -2.17. The highest BCUT2D eigenvalue weighted by atomic mass is 32.1. The van der Waals surface area contributed by atoms with Crippen molar-refractivity contribution in [2.24, 2.45) is 7.05 Å². The van der Waals surface area contributed by atoms with Gasteiger partial charge in [0.05, 0.1) is 12.1 Å². The van der Waals surface area contributed by atoms with E-state index in [0.29, 0.717) is 22.9 Å². The molecule has 0 aliphatic carbocycles. The number of rotatable bonds is 3. The zero-order chi connectivity index (χ0) is 16.6. The van der Waals surface area contributed by atoms with E-state index in [1.54, 1.807) is 43.4 Å². The third-order valence-corrected chi connectivity index (χ3v) is 4.43. The summed E-state index contributed by atoms with van der Waals surface area (Å²) in [5, 5.41) is 10.9. The molecule has 0 aliphatic heterocycles. The molecule has 0 saturated heterocycles. The van der Waals surface area contributed by atoms with Crippen LogP contribution < -0.4 is 5.56 Å². The first-order chi connectivity index (χ1) is 11.0. The maximum atomic E-state index is 12.8. The van der Waals surface area contributed by atoms with Crippen molar-refractivity contribution in [1.82, 2.24) is 19.7 Å². The number of fused-ring (bicyclic) bond motifs is 1. The first-order valence-electron chi connectivity index (χ1n) is 7.10. The topological polar surface area (TPSA) is 68.1 Å². The molecule has 1 aromatic carbocycles. The summed E-state index contributed by atoms with van der Waals surface area (Å²) in [7, 11) is 3.37. The summed E-state index contributed by atoms with van der Waals surface area (Å²) in [6, 6.07) is 7.16. The van der Waals surface area contributed by atoms with Crippen LogP contribution in [0.2, 0.25) is 0 Å². The summed E-state index contributed by atoms with van der Waals surface area (Å²) >= 11 is 1.47. The molecule has 118 valence electrons. The number of benzene rings is 1. The van der Waals surface area contributed by atoms with Gasteiger partial charge in [0.15, 0.2) is 0 Å². The van der Waals surface area contributed by atoms with Crippen LogP contribution in [0.5, 0.6) is 0 Å². The number of aryl methyl sites for hydroxylation is 2. The Hall–Kier alpha value is -2.54. The SMILES string of the molecule is Cc1nnc(CN(C)C(=O)c2cn(C)c(=O)c3ccccc23)s1. The van der Waals surface area contributed by atoms with Crippen LogP contribution in [0, 0.1) is 6.92 Å². The maximum absolute atomic E-state index is 12.8. The smallest absolute Gasteiger partial charge is 0.258 e. The lowest BCUT2D eigenvalue weighted by molar-refractivity contribution is 0.0786. The Bertz CT molecular complexity index is 945. The highest BCUT2D eigenvalue weighted by Gasteiger charge is 2.18. The first kappa shape index (κ1) is 15.4. The maximum Gasteiger partial charge on any atom is 0.258 e. The zero-order valence-electron chi connectivity index (χ0n) is 13.1. The predicted molar refractivity (Wildman–Crippen MR) is 89.6 cm³/mol. The number of amides is 1. The molecule has 3 aromatic rings. The Morgan fingerprint density at radius 2 is 1.96 bits per heavy atom. The number of aromatic nitrogens is 3. The standard InChI is InChI=1S/C16H16N4O2S/c1-10-17-18-14(23-10)9-20(3)16(22)13-8-19(2)15(21)12-7-5-4-6-11(12)13/h4-8H,9H2,1-3H3. The largest absolute Gasteiger partial charge is 0.335 e. The van der Waals surface area contributed by atoms with E-state index in [1.165, 1.54) is 15.9 Å². The monoisotopic (exact) mass is 328 g/mol. The van der Waals surface area contributed by atoms with Crippen LogP contribution in [-0.4, -0.2) is 32.6 Å². The molecule has 0 unspecified atom stereocenters.